The van der Waals surface area contributed by atoms with Gasteiger partial charge in [0.2, 0.25) is 5.91 Å². The van der Waals surface area contributed by atoms with Crippen LogP contribution in [0, 0.1) is 5.82 Å². The topological polar surface area (TPSA) is 38.8 Å². The zero-order chi connectivity index (χ0) is 18.2. The van der Waals surface area contributed by atoms with Gasteiger partial charge in [0.05, 0.1) is 13.7 Å². The van der Waals surface area contributed by atoms with E-state index in [2.05, 4.69) is 0 Å². The average molecular weight is 366 g/mol. The lowest BCUT2D eigenvalue weighted by Crippen LogP contribution is -2.26. The van der Waals surface area contributed by atoms with Crippen LogP contribution in [-0.4, -0.2) is 31.6 Å². The van der Waals surface area contributed by atoms with Crippen LogP contribution in [-0.2, 0) is 11.3 Å². The highest BCUT2D eigenvalue weighted by atomic mass is 35.5. The Morgan fingerprint density at radius 2 is 1.96 bits per heavy atom. The molecule has 0 saturated carbocycles. The first-order valence-corrected chi connectivity index (χ1v) is 8.32. The van der Waals surface area contributed by atoms with E-state index in [-0.39, 0.29) is 18.3 Å². The fourth-order valence-corrected chi connectivity index (χ4v) is 2.57. The second kappa shape index (κ2) is 9.28. The van der Waals surface area contributed by atoms with Crippen LogP contribution < -0.4 is 9.47 Å². The Hall–Kier alpha value is -2.27. The second-order valence-electron chi connectivity index (χ2n) is 5.59. The quantitative estimate of drug-likeness (QED) is 0.654. The van der Waals surface area contributed by atoms with Gasteiger partial charge in [-0.1, -0.05) is 23.7 Å². The predicted molar refractivity (Wildman–Crippen MR) is 95.6 cm³/mol. The number of carbonyl (C=O) groups is 1. The van der Waals surface area contributed by atoms with Crippen LogP contribution in [0.1, 0.15) is 18.4 Å². The second-order valence-corrected chi connectivity index (χ2v) is 6.02. The smallest absolute Gasteiger partial charge is 0.222 e. The van der Waals surface area contributed by atoms with E-state index in [1.165, 1.54) is 6.07 Å². The molecule has 0 saturated heterocycles. The van der Waals surface area contributed by atoms with E-state index in [0.29, 0.717) is 30.2 Å². The molecule has 25 heavy (non-hydrogen) atoms. The third kappa shape index (κ3) is 5.64. The minimum Gasteiger partial charge on any atom is -0.496 e. The van der Waals surface area contributed by atoms with Gasteiger partial charge in [0.15, 0.2) is 11.6 Å². The molecule has 0 unspecified atom stereocenters. The summed E-state index contributed by atoms with van der Waals surface area (Å²) < 4.78 is 24.1. The van der Waals surface area contributed by atoms with Gasteiger partial charge in [0.1, 0.15) is 5.75 Å². The van der Waals surface area contributed by atoms with Crippen LogP contribution in [0.5, 0.6) is 11.5 Å². The van der Waals surface area contributed by atoms with Crippen LogP contribution in [0.3, 0.4) is 0 Å². The van der Waals surface area contributed by atoms with Gasteiger partial charge in [-0.25, -0.2) is 4.39 Å². The molecule has 0 aliphatic carbocycles. The molecule has 2 aromatic carbocycles. The van der Waals surface area contributed by atoms with Crippen molar-refractivity contribution in [1.82, 2.24) is 4.90 Å². The number of amides is 1. The fraction of sp³-hybridized carbons (Fsp3) is 0.316. The van der Waals surface area contributed by atoms with E-state index in [4.69, 9.17) is 21.1 Å². The van der Waals surface area contributed by atoms with Gasteiger partial charge in [-0.2, -0.15) is 0 Å². The fourth-order valence-electron chi connectivity index (χ4n) is 2.37. The minimum absolute atomic E-state index is 0.0286. The molecular weight excluding hydrogens is 345 g/mol. The minimum atomic E-state index is -0.404. The van der Waals surface area contributed by atoms with Crippen LogP contribution >= 0.6 is 11.6 Å². The first-order valence-electron chi connectivity index (χ1n) is 7.95. The number of para-hydroxylation sites is 1. The van der Waals surface area contributed by atoms with Crippen molar-refractivity contribution >= 4 is 17.5 Å². The van der Waals surface area contributed by atoms with E-state index < -0.39 is 5.82 Å². The van der Waals surface area contributed by atoms with E-state index >= 15 is 0 Å². The maximum absolute atomic E-state index is 13.4. The van der Waals surface area contributed by atoms with E-state index in [0.717, 1.165) is 5.56 Å². The van der Waals surface area contributed by atoms with Crippen molar-refractivity contribution < 1.29 is 18.7 Å². The molecular formula is C19H21ClFNO3. The van der Waals surface area contributed by atoms with Crippen molar-refractivity contribution in [3.8, 4) is 11.5 Å². The van der Waals surface area contributed by atoms with Gasteiger partial charge < -0.3 is 14.4 Å². The molecule has 6 heteroatoms. The summed E-state index contributed by atoms with van der Waals surface area (Å²) in [5, 5.41) is 0.593. The van der Waals surface area contributed by atoms with Crippen molar-refractivity contribution in [2.75, 3.05) is 20.8 Å². The first-order chi connectivity index (χ1) is 12.0. The van der Waals surface area contributed by atoms with Gasteiger partial charge in [0, 0.05) is 30.6 Å². The summed E-state index contributed by atoms with van der Waals surface area (Å²) >= 11 is 6.00. The van der Waals surface area contributed by atoms with Gasteiger partial charge >= 0.3 is 0 Å². The Morgan fingerprint density at radius 1 is 1.20 bits per heavy atom. The first kappa shape index (κ1) is 19.1. The molecule has 0 aliphatic rings. The lowest BCUT2D eigenvalue weighted by Gasteiger charge is -2.19. The molecule has 4 nitrogen and oxygen atoms in total. The highest BCUT2D eigenvalue weighted by Crippen LogP contribution is 2.24. The van der Waals surface area contributed by atoms with Crippen molar-refractivity contribution in [3.63, 3.8) is 0 Å². The molecule has 0 fully saturated rings. The number of hydrogen-bond donors (Lipinski definition) is 0. The molecule has 1 amide bonds. The summed E-state index contributed by atoms with van der Waals surface area (Å²) in [5.74, 6) is 0.456. The molecule has 2 aromatic rings. The highest BCUT2D eigenvalue weighted by molar-refractivity contribution is 6.30. The summed E-state index contributed by atoms with van der Waals surface area (Å²) in [6, 6.07) is 11.5. The summed E-state index contributed by atoms with van der Waals surface area (Å²) in [5.41, 5.74) is 0.841. The molecule has 0 heterocycles. The van der Waals surface area contributed by atoms with Gasteiger partial charge in [0.25, 0.3) is 0 Å². The number of benzene rings is 2. The van der Waals surface area contributed by atoms with Crippen molar-refractivity contribution in [2.24, 2.45) is 0 Å². The summed E-state index contributed by atoms with van der Waals surface area (Å²) in [6.07, 6.45) is 0.817. The molecule has 0 radical (unpaired) electrons. The molecule has 134 valence electrons. The van der Waals surface area contributed by atoms with Crippen LogP contribution in [0.2, 0.25) is 5.02 Å². The monoisotopic (exact) mass is 365 g/mol. The zero-order valence-corrected chi connectivity index (χ0v) is 15.1. The van der Waals surface area contributed by atoms with Gasteiger partial charge in [-0.05, 0) is 36.8 Å². The highest BCUT2D eigenvalue weighted by Gasteiger charge is 2.13. The number of rotatable bonds is 8. The van der Waals surface area contributed by atoms with Crippen molar-refractivity contribution in [2.45, 2.75) is 19.4 Å². The summed E-state index contributed by atoms with van der Waals surface area (Å²) in [4.78, 5) is 13.8. The summed E-state index contributed by atoms with van der Waals surface area (Å²) in [7, 11) is 3.30. The Balaban J connectivity index is 1.81. The SMILES string of the molecule is COc1ccc(Cl)cc1CN(C)C(=O)CCCOc1ccccc1F. The van der Waals surface area contributed by atoms with E-state index in [9.17, 15) is 9.18 Å². The molecule has 0 spiro atoms. The number of nitrogens with zero attached hydrogens (tertiary/aromatic N) is 1. The Bertz CT molecular complexity index is 724. The molecule has 0 N–H and O–H groups in total. The normalized spacial score (nSPS) is 10.4. The number of ether oxygens (including phenoxy) is 2. The molecule has 0 aliphatic heterocycles. The maximum Gasteiger partial charge on any atom is 0.222 e. The maximum atomic E-state index is 13.4. The molecule has 0 bridgehead atoms. The lowest BCUT2D eigenvalue weighted by molar-refractivity contribution is -0.130. The molecule has 0 aromatic heterocycles. The van der Waals surface area contributed by atoms with Crippen molar-refractivity contribution in [1.29, 1.82) is 0 Å². The van der Waals surface area contributed by atoms with Gasteiger partial charge in [-0.15, -0.1) is 0 Å². The van der Waals surface area contributed by atoms with E-state index in [1.54, 1.807) is 55.5 Å². The standard InChI is InChI=1S/C19H21ClFNO3/c1-22(13-14-12-15(20)9-10-17(14)24-2)19(23)8-5-11-25-18-7-4-3-6-16(18)21/h3-4,6-7,9-10,12H,5,8,11,13H2,1-2H3. The molecule has 0 atom stereocenters. The zero-order valence-electron chi connectivity index (χ0n) is 14.3. The largest absolute Gasteiger partial charge is 0.496 e. The lowest BCUT2D eigenvalue weighted by atomic mass is 10.2. The van der Waals surface area contributed by atoms with Crippen molar-refractivity contribution in [3.05, 3.63) is 58.9 Å². The Morgan fingerprint density at radius 3 is 2.68 bits per heavy atom. The number of methoxy groups -OCH3 is 1. The van der Waals surface area contributed by atoms with E-state index in [1.807, 2.05) is 0 Å². The third-order valence-electron chi connectivity index (χ3n) is 3.70. The average Bonchev–Trinajstić information content (AvgIpc) is 2.60. The van der Waals surface area contributed by atoms with Gasteiger partial charge in [-0.3, -0.25) is 4.79 Å². The van der Waals surface area contributed by atoms with Crippen LogP contribution in [0.25, 0.3) is 0 Å². The number of halogens is 2. The predicted octanol–water partition coefficient (Wildman–Crippen LogP) is 4.31. The Kier molecular flexibility index (Phi) is 7.07. The summed E-state index contributed by atoms with van der Waals surface area (Å²) in [6.45, 7) is 0.678. The third-order valence-corrected chi connectivity index (χ3v) is 3.94. The molecule has 2 rings (SSSR count). The van der Waals surface area contributed by atoms with Crippen LogP contribution in [0.4, 0.5) is 4.39 Å². The Labute approximate surface area is 152 Å². The number of hydrogen-bond acceptors (Lipinski definition) is 3. The number of carbonyl (C=O) groups excluding carboxylic acids is 1. The van der Waals surface area contributed by atoms with Crippen LogP contribution in [0.15, 0.2) is 42.5 Å².